The molecule has 2 aromatic carbocycles. The van der Waals surface area contributed by atoms with Gasteiger partial charge in [0.05, 0.1) is 0 Å². The number of rotatable bonds is 5. The Morgan fingerprint density at radius 1 is 1.18 bits per heavy atom. The number of anilines is 1. The predicted molar refractivity (Wildman–Crippen MR) is 107 cm³/mol. The van der Waals surface area contributed by atoms with E-state index < -0.39 is 0 Å². The van der Waals surface area contributed by atoms with Crippen LogP contribution in [0.5, 0.6) is 5.75 Å². The Hall–Kier alpha value is -3.20. The molecule has 0 spiro atoms. The Kier molecular flexibility index (Phi) is 5.34. The van der Waals surface area contributed by atoms with Crippen LogP contribution in [0, 0.1) is 11.5 Å². The summed E-state index contributed by atoms with van der Waals surface area (Å²) >= 11 is 0. The highest BCUT2D eigenvalue weighted by Crippen LogP contribution is 2.35. The molecule has 2 saturated heterocycles. The summed E-state index contributed by atoms with van der Waals surface area (Å²) in [5.74, 6) is 1.03. The quantitative estimate of drug-likeness (QED) is 0.807. The molecule has 0 saturated carbocycles. The number of hydrogen-bond donors (Lipinski definition) is 1. The van der Waals surface area contributed by atoms with Gasteiger partial charge in [-0.25, -0.2) is 4.79 Å². The monoisotopic (exact) mass is 376 g/mol. The minimum atomic E-state index is -0.0652. The number of urea groups is 1. The van der Waals surface area contributed by atoms with E-state index >= 15 is 0 Å². The van der Waals surface area contributed by atoms with E-state index in [9.17, 15) is 4.79 Å². The van der Waals surface area contributed by atoms with Crippen LogP contribution in [0.2, 0.25) is 0 Å². The highest BCUT2D eigenvalue weighted by molar-refractivity contribution is 5.90. The number of nitriles is 1. The number of likely N-dealkylation sites (tertiary alicyclic amines) is 2. The molecule has 6 nitrogen and oxygen atoms in total. The summed E-state index contributed by atoms with van der Waals surface area (Å²) < 4.78 is 6.16. The fraction of sp³-hybridized carbons (Fsp3) is 0.364. The lowest BCUT2D eigenvalue weighted by Gasteiger charge is -2.31. The summed E-state index contributed by atoms with van der Waals surface area (Å²) in [6.45, 7) is 3.57. The maximum atomic E-state index is 12.2. The second-order valence-corrected chi connectivity index (χ2v) is 7.33. The second kappa shape index (κ2) is 8.22. The van der Waals surface area contributed by atoms with E-state index in [1.165, 1.54) is 0 Å². The third kappa shape index (κ3) is 4.04. The summed E-state index contributed by atoms with van der Waals surface area (Å²) in [5.41, 5.74) is 2.92. The first-order chi connectivity index (χ1) is 13.7. The van der Waals surface area contributed by atoms with Crippen molar-refractivity contribution in [3.05, 3.63) is 59.7 Å². The number of amides is 2. The molecule has 0 radical (unpaired) electrons. The fourth-order valence-corrected chi connectivity index (χ4v) is 3.64. The van der Waals surface area contributed by atoms with Gasteiger partial charge in [-0.3, -0.25) is 0 Å². The minimum Gasteiger partial charge on any atom is -0.489 e. The second-order valence-electron chi connectivity index (χ2n) is 7.33. The smallest absolute Gasteiger partial charge is 0.321 e. The van der Waals surface area contributed by atoms with Crippen molar-refractivity contribution in [1.29, 1.82) is 5.26 Å². The van der Waals surface area contributed by atoms with Crippen molar-refractivity contribution in [2.75, 3.05) is 31.5 Å². The molecule has 2 aliphatic heterocycles. The first-order valence-electron chi connectivity index (χ1n) is 9.74. The molecule has 2 heterocycles. The van der Waals surface area contributed by atoms with Crippen LogP contribution < -0.4 is 10.1 Å². The summed E-state index contributed by atoms with van der Waals surface area (Å²) in [5, 5.41) is 12.1. The Labute approximate surface area is 165 Å². The summed E-state index contributed by atoms with van der Waals surface area (Å²) in [6, 6.07) is 15.8. The van der Waals surface area contributed by atoms with Gasteiger partial charge in [0.2, 0.25) is 0 Å². The molecule has 2 aliphatic rings. The van der Waals surface area contributed by atoms with Crippen LogP contribution in [-0.2, 0) is 6.61 Å². The van der Waals surface area contributed by atoms with Crippen LogP contribution in [0.1, 0.15) is 29.9 Å². The van der Waals surface area contributed by atoms with Crippen LogP contribution in [0.15, 0.2) is 48.5 Å². The van der Waals surface area contributed by atoms with Crippen LogP contribution in [0.25, 0.3) is 0 Å². The molecule has 2 aromatic rings. The van der Waals surface area contributed by atoms with Crippen molar-refractivity contribution in [3.8, 4) is 11.9 Å². The zero-order valence-electron chi connectivity index (χ0n) is 15.8. The molecule has 1 atom stereocenters. The highest BCUT2D eigenvalue weighted by atomic mass is 16.5. The van der Waals surface area contributed by atoms with Gasteiger partial charge in [-0.05, 0) is 30.0 Å². The first kappa shape index (κ1) is 18.2. The average Bonchev–Trinajstić information content (AvgIpc) is 3.15. The highest BCUT2D eigenvalue weighted by Gasteiger charge is 2.26. The van der Waals surface area contributed by atoms with Crippen molar-refractivity contribution in [2.24, 2.45) is 0 Å². The summed E-state index contributed by atoms with van der Waals surface area (Å²) in [6.07, 6.45) is 4.22. The van der Waals surface area contributed by atoms with Crippen molar-refractivity contribution in [3.63, 3.8) is 0 Å². The van der Waals surface area contributed by atoms with E-state index in [0.29, 0.717) is 13.2 Å². The predicted octanol–water partition coefficient (Wildman–Crippen LogP) is 3.77. The number of benzene rings is 2. The van der Waals surface area contributed by atoms with Crippen molar-refractivity contribution >= 4 is 11.7 Å². The molecule has 144 valence electrons. The van der Waals surface area contributed by atoms with Gasteiger partial charge in [-0.1, -0.05) is 36.4 Å². The SMILES string of the molecule is N#CN1CC[C@H](c2ccc(NC(=O)N3CCC3)cc2OCc2ccccc2)C1. The van der Waals surface area contributed by atoms with Gasteiger partial charge in [0, 0.05) is 43.9 Å². The molecule has 0 bridgehead atoms. The zero-order valence-corrected chi connectivity index (χ0v) is 15.8. The Balaban J connectivity index is 1.53. The first-order valence-corrected chi connectivity index (χ1v) is 9.74. The van der Waals surface area contributed by atoms with Crippen LogP contribution in [-0.4, -0.2) is 42.0 Å². The number of nitrogens with one attached hydrogen (secondary N) is 1. The van der Waals surface area contributed by atoms with Crippen LogP contribution in [0.4, 0.5) is 10.5 Å². The maximum absolute atomic E-state index is 12.2. The lowest BCUT2D eigenvalue weighted by molar-refractivity contribution is 0.181. The molecule has 0 unspecified atom stereocenters. The number of carbonyl (C=O) groups is 1. The number of nitrogens with zero attached hydrogens (tertiary/aromatic N) is 3. The molecule has 28 heavy (non-hydrogen) atoms. The average molecular weight is 376 g/mol. The Bertz CT molecular complexity index is 874. The van der Waals surface area contributed by atoms with Crippen LogP contribution >= 0.6 is 0 Å². The minimum absolute atomic E-state index is 0.0652. The molecule has 0 aliphatic carbocycles. The molecular weight excluding hydrogens is 352 g/mol. The van der Waals surface area contributed by atoms with E-state index in [4.69, 9.17) is 10.00 Å². The van der Waals surface area contributed by atoms with E-state index in [2.05, 4.69) is 11.5 Å². The molecule has 1 N–H and O–H groups in total. The zero-order chi connectivity index (χ0) is 19.3. The van der Waals surface area contributed by atoms with Gasteiger partial charge >= 0.3 is 6.03 Å². The molecule has 2 amide bonds. The Morgan fingerprint density at radius 3 is 2.68 bits per heavy atom. The lowest BCUT2D eigenvalue weighted by Crippen LogP contribution is -2.44. The molecule has 0 aromatic heterocycles. The van der Waals surface area contributed by atoms with Gasteiger partial charge in [-0.2, -0.15) is 5.26 Å². The molecular formula is C22H24N4O2. The summed E-state index contributed by atoms with van der Waals surface area (Å²) in [4.78, 5) is 15.8. The maximum Gasteiger partial charge on any atom is 0.321 e. The van der Waals surface area contributed by atoms with Gasteiger partial charge in [0.1, 0.15) is 12.4 Å². The lowest BCUT2D eigenvalue weighted by atomic mass is 9.97. The third-order valence-electron chi connectivity index (χ3n) is 5.41. The van der Waals surface area contributed by atoms with E-state index in [1.807, 2.05) is 48.5 Å². The Morgan fingerprint density at radius 2 is 2.00 bits per heavy atom. The third-order valence-corrected chi connectivity index (χ3v) is 5.41. The largest absolute Gasteiger partial charge is 0.489 e. The van der Waals surface area contributed by atoms with Gasteiger partial charge in [0.25, 0.3) is 0 Å². The molecule has 6 heteroatoms. The van der Waals surface area contributed by atoms with Crippen molar-refractivity contribution in [1.82, 2.24) is 9.80 Å². The normalized spacial score (nSPS) is 18.3. The van der Waals surface area contributed by atoms with Crippen LogP contribution in [0.3, 0.4) is 0 Å². The van der Waals surface area contributed by atoms with Gasteiger partial charge in [0.15, 0.2) is 6.19 Å². The number of carbonyl (C=O) groups excluding carboxylic acids is 1. The van der Waals surface area contributed by atoms with Crippen molar-refractivity contribution < 1.29 is 9.53 Å². The number of ether oxygens (including phenoxy) is 1. The molecule has 2 fully saturated rings. The van der Waals surface area contributed by atoms with E-state index in [0.717, 1.165) is 55.0 Å². The van der Waals surface area contributed by atoms with Gasteiger partial charge in [-0.15, -0.1) is 0 Å². The molecule has 4 rings (SSSR count). The van der Waals surface area contributed by atoms with E-state index in [1.54, 1.807) is 9.80 Å². The fourth-order valence-electron chi connectivity index (χ4n) is 3.64. The van der Waals surface area contributed by atoms with Crippen molar-refractivity contribution in [2.45, 2.75) is 25.4 Å². The number of hydrogen-bond acceptors (Lipinski definition) is 4. The van der Waals surface area contributed by atoms with E-state index in [-0.39, 0.29) is 11.9 Å². The standard InChI is InChI=1S/C22H24N4O2/c23-16-25-12-9-18(14-25)20-8-7-19(24-22(27)26-10-4-11-26)13-21(20)28-15-17-5-2-1-3-6-17/h1-3,5-8,13,18H,4,9-12,14-15H2,(H,24,27)/t18-/m0/s1. The van der Waals surface area contributed by atoms with Gasteiger partial charge < -0.3 is 19.9 Å². The topological polar surface area (TPSA) is 68.6 Å². The summed E-state index contributed by atoms with van der Waals surface area (Å²) in [7, 11) is 0.